The van der Waals surface area contributed by atoms with Crippen LogP contribution in [0.3, 0.4) is 0 Å². The Morgan fingerprint density at radius 2 is 2.09 bits per heavy atom. The number of ether oxygens (including phenoxy) is 1. The van der Waals surface area contributed by atoms with E-state index < -0.39 is 0 Å². The molecule has 1 N–H and O–H groups in total. The maximum Gasteiger partial charge on any atom is 0.225 e. The van der Waals surface area contributed by atoms with E-state index in [-0.39, 0.29) is 11.9 Å². The first-order valence-corrected chi connectivity index (χ1v) is 7.69. The molecule has 1 amide bonds. The molecule has 0 bridgehead atoms. The SMILES string of the molecule is CC(CC(=O)Nc1cccc2cccnc12)N1CCOCC1. The van der Waals surface area contributed by atoms with Crippen molar-refractivity contribution < 1.29 is 9.53 Å². The summed E-state index contributed by atoms with van der Waals surface area (Å²) in [6.45, 7) is 5.37. The van der Waals surface area contributed by atoms with E-state index in [2.05, 4.69) is 22.1 Å². The van der Waals surface area contributed by atoms with Crippen LogP contribution in [-0.2, 0) is 9.53 Å². The van der Waals surface area contributed by atoms with E-state index in [1.54, 1.807) is 6.20 Å². The average molecular weight is 299 g/mol. The van der Waals surface area contributed by atoms with Crippen molar-refractivity contribution in [3.63, 3.8) is 0 Å². The van der Waals surface area contributed by atoms with Gasteiger partial charge in [-0.3, -0.25) is 14.7 Å². The quantitative estimate of drug-likeness (QED) is 0.941. The Hall–Kier alpha value is -1.98. The van der Waals surface area contributed by atoms with Crippen LogP contribution in [0.1, 0.15) is 13.3 Å². The number of fused-ring (bicyclic) bond motifs is 1. The van der Waals surface area contributed by atoms with E-state index in [0.29, 0.717) is 6.42 Å². The monoisotopic (exact) mass is 299 g/mol. The number of nitrogens with one attached hydrogen (secondary N) is 1. The van der Waals surface area contributed by atoms with Crippen molar-refractivity contribution in [2.24, 2.45) is 0 Å². The Labute approximate surface area is 130 Å². The summed E-state index contributed by atoms with van der Waals surface area (Å²) in [4.78, 5) is 19.0. The second-order valence-electron chi connectivity index (χ2n) is 5.63. The fourth-order valence-electron chi connectivity index (χ4n) is 2.82. The Morgan fingerprint density at radius 3 is 2.91 bits per heavy atom. The number of amides is 1. The van der Waals surface area contributed by atoms with Gasteiger partial charge in [0.1, 0.15) is 0 Å². The summed E-state index contributed by atoms with van der Waals surface area (Å²) >= 11 is 0. The van der Waals surface area contributed by atoms with Crippen molar-refractivity contribution >= 4 is 22.5 Å². The fourth-order valence-corrected chi connectivity index (χ4v) is 2.82. The second kappa shape index (κ2) is 6.85. The van der Waals surface area contributed by atoms with Crippen molar-refractivity contribution in [2.75, 3.05) is 31.6 Å². The molecule has 1 aromatic carbocycles. The smallest absolute Gasteiger partial charge is 0.225 e. The first-order chi connectivity index (χ1) is 10.7. The zero-order valence-electron chi connectivity index (χ0n) is 12.8. The highest BCUT2D eigenvalue weighted by Gasteiger charge is 2.19. The number of carbonyl (C=O) groups is 1. The number of pyridine rings is 1. The molecular weight excluding hydrogens is 278 g/mol. The Bertz CT molecular complexity index is 648. The number of hydrogen-bond donors (Lipinski definition) is 1. The van der Waals surface area contributed by atoms with Gasteiger partial charge in [-0.25, -0.2) is 0 Å². The van der Waals surface area contributed by atoms with Gasteiger partial charge in [-0.05, 0) is 19.1 Å². The maximum atomic E-state index is 12.3. The van der Waals surface area contributed by atoms with Crippen LogP contribution >= 0.6 is 0 Å². The standard InChI is InChI=1S/C17H21N3O2/c1-13(20-8-10-22-11-9-20)12-16(21)19-15-6-2-4-14-5-3-7-18-17(14)15/h2-7,13H,8-12H2,1H3,(H,19,21). The topological polar surface area (TPSA) is 54.5 Å². The summed E-state index contributed by atoms with van der Waals surface area (Å²) in [6, 6.07) is 9.93. The van der Waals surface area contributed by atoms with E-state index in [4.69, 9.17) is 4.74 Å². The van der Waals surface area contributed by atoms with E-state index in [9.17, 15) is 4.79 Å². The summed E-state index contributed by atoms with van der Waals surface area (Å²) in [5.41, 5.74) is 1.61. The average Bonchev–Trinajstić information content (AvgIpc) is 2.56. The highest BCUT2D eigenvalue weighted by Crippen LogP contribution is 2.21. The van der Waals surface area contributed by atoms with E-state index in [1.165, 1.54) is 0 Å². The molecule has 1 unspecified atom stereocenters. The van der Waals surface area contributed by atoms with Crippen molar-refractivity contribution in [2.45, 2.75) is 19.4 Å². The first-order valence-electron chi connectivity index (χ1n) is 7.69. The number of anilines is 1. The lowest BCUT2D eigenvalue weighted by molar-refractivity contribution is -0.117. The van der Waals surface area contributed by atoms with Crippen molar-refractivity contribution in [1.82, 2.24) is 9.88 Å². The van der Waals surface area contributed by atoms with Crippen LogP contribution in [0, 0.1) is 0 Å². The van der Waals surface area contributed by atoms with Gasteiger partial charge in [-0.15, -0.1) is 0 Å². The lowest BCUT2D eigenvalue weighted by Gasteiger charge is -2.31. The predicted molar refractivity (Wildman–Crippen MR) is 86.8 cm³/mol. The third-order valence-electron chi connectivity index (χ3n) is 4.06. The number of rotatable bonds is 4. The minimum Gasteiger partial charge on any atom is -0.379 e. The van der Waals surface area contributed by atoms with Gasteiger partial charge < -0.3 is 10.1 Å². The molecule has 3 rings (SSSR count). The molecular formula is C17H21N3O2. The number of nitrogens with zero attached hydrogens (tertiary/aromatic N) is 2. The van der Waals surface area contributed by atoms with Crippen LogP contribution in [0.4, 0.5) is 5.69 Å². The Balaban J connectivity index is 1.65. The van der Waals surface area contributed by atoms with Crippen molar-refractivity contribution in [3.8, 4) is 0 Å². The highest BCUT2D eigenvalue weighted by atomic mass is 16.5. The molecule has 22 heavy (non-hydrogen) atoms. The maximum absolute atomic E-state index is 12.3. The van der Waals surface area contributed by atoms with Crippen LogP contribution in [0.25, 0.3) is 10.9 Å². The lowest BCUT2D eigenvalue weighted by Crippen LogP contribution is -2.43. The van der Waals surface area contributed by atoms with Crippen LogP contribution < -0.4 is 5.32 Å². The summed E-state index contributed by atoms with van der Waals surface area (Å²) in [6.07, 6.45) is 2.22. The minimum atomic E-state index is 0.0251. The Kier molecular flexibility index (Phi) is 4.65. The van der Waals surface area contributed by atoms with Gasteiger partial charge in [0.2, 0.25) is 5.91 Å². The van der Waals surface area contributed by atoms with Crippen LogP contribution in [0.2, 0.25) is 0 Å². The van der Waals surface area contributed by atoms with Gasteiger partial charge in [0.25, 0.3) is 0 Å². The molecule has 0 saturated carbocycles. The van der Waals surface area contributed by atoms with E-state index in [0.717, 1.165) is 42.9 Å². The zero-order valence-corrected chi connectivity index (χ0v) is 12.8. The van der Waals surface area contributed by atoms with Gasteiger partial charge >= 0.3 is 0 Å². The minimum absolute atomic E-state index is 0.0251. The first kappa shape index (κ1) is 14.9. The van der Waals surface area contributed by atoms with Crippen LogP contribution in [0.15, 0.2) is 36.5 Å². The molecule has 5 nitrogen and oxygen atoms in total. The molecule has 5 heteroatoms. The third kappa shape index (κ3) is 3.43. The number of benzene rings is 1. The molecule has 1 atom stereocenters. The molecule has 1 fully saturated rings. The largest absolute Gasteiger partial charge is 0.379 e. The highest BCUT2D eigenvalue weighted by molar-refractivity contribution is 6.00. The summed E-state index contributed by atoms with van der Waals surface area (Å²) in [7, 11) is 0. The molecule has 0 spiro atoms. The van der Waals surface area contributed by atoms with Gasteiger partial charge in [-0.1, -0.05) is 18.2 Å². The fraction of sp³-hybridized carbons (Fsp3) is 0.412. The number of aromatic nitrogens is 1. The van der Waals surface area contributed by atoms with Crippen molar-refractivity contribution in [3.05, 3.63) is 36.5 Å². The van der Waals surface area contributed by atoms with Crippen molar-refractivity contribution in [1.29, 1.82) is 0 Å². The molecule has 116 valence electrons. The number of morpholine rings is 1. The number of para-hydroxylation sites is 1. The number of carbonyl (C=O) groups excluding carboxylic acids is 1. The normalized spacial score (nSPS) is 17.3. The van der Waals surface area contributed by atoms with Crippen LogP contribution in [-0.4, -0.2) is 48.1 Å². The summed E-state index contributed by atoms with van der Waals surface area (Å²) in [5.74, 6) is 0.0251. The second-order valence-corrected chi connectivity index (χ2v) is 5.63. The molecule has 2 aromatic rings. The van der Waals surface area contributed by atoms with Gasteiger partial charge in [0.05, 0.1) is 24.4 Å². The Morgan fingerprint density at radius 1 is 1.32 bits per heavy atom. The van der Waals surface area contributed by atoms with Gasteiger partial charge in [0, 0.05) is 37.1 Å². The van der Waals surface area contributed by atoms with Crippen LogP contribution in [0.5, 0.6) is 0 Å². The molecule has 0 radical (unpaired) electrons. The third-order valence-corrected chi connectivity index (χ3v) is 4.06. The molecule has 1 saturated heterocycles. The molecule has 1 aliphatic rings. The summed E-state index contributed by atoms with van der Waals surface area (Å²) in [5, 5.41) is 4.02. The van der Waals surface area contributed by atoms with Gasteiger partial charge in [0.15, 0.2) is 0 Å². The number of hydrogen-bond acceptors (Lipinski definition) is 4. The predicted octanol–water partition coefficient (Wildman–Crippen LogP) is 2.28. The summed E-state index contributed by atoms with van der Waals surface area (Å²) < 4.78 is 5.35. The molecule has 1 aliphatic heterocycles. The lowest BCUT2D eigenvalue weighted by atomic mass is 10.1. The molecule has 2 heterocycles. The zero-order chi connectivity index (χ0) is 15.4. The van der Waals surface area contributed by atoms with Gasteiger partial charge in [-0.2, -0.15) is 0 Å². The van der Waals surface area contributed by atoms with E-state index in [1.807, 2.05) is 30.3 Å². The molecule has 0 aliphatic carbocycles. The van der Waals surface area contributed by atoms with E-state index >= 15 is 0 Å². The molecule has 1 aromatic heterocycles.